The van der Waals surface area contributed by atoms with Gasteiger partial charge in [-0.3, -0.25) is 0 Å². The van der Waals surface area contributed by atoms with Crippen LogP contribution in [0.1, 0.15) is 32.1 Å². The van der Waals surface area contributed by atoms with Crippen molar-refractivity contribution in [2.45, 2.75) is 32.1 Å². The molecule has 1 aliphatic carbocycles. The Morgan fingerprint density at radius 3 is 2.44 bits per heavy atom. The summed E-state index contributed by atoms with van der Waals surface area (Å²) in [5.74, 6) is 0. The Bertz CT molecular complexity index is 432. The van der Waals surface area contributed by atoms with Crippen molar-refractivity contribution in [2.24, 2.45) is 0 Å². The molecule has 2 amide bonds. The topological polar surface area (TPSA) is 41.1 Å². The molecule has 18 heavy (non-hydrogen) atoms. The summed E-state index contributed by atoms with van der Waals surface area (Å²) in [6.45, 7) is 0. The first kappa shape index (κ1) is 13.0. The standard InChI is InChI=1S/C14H17ClN2O/c15-12-6-8-13(9-7-12)17-14(18)16-10-11-4-2-1-3-5-11/h6-10H,1-5H2,(H2,16,17,18). The van der Waals surface area contributed by atoms with Gasteiger partial charge in [-0.15, -0.1) is 0 Å². The average molecular weight is 265 g/mol. The molecule has 0 spiro atoms. The molecule has 0 unspecified atom stereocenters. The SMILES string of the molecule is O=C(NC=C1CCCCC1)Nc1ccc(Cl)cc1. The molecule has 0 saturated heterocycles. The second-order valence-corrected chi connectivity index (χ2v) is 4.91. The zero-order chi connectivity index (χ0) is 12.8. The fraction of sp³-hybridized carbons (Fsp3) is 0.357. The first-order valence-corrected chi connectivity index (χ1v) is 6.63. The van der Waals surface area contributed by atoms with Crippen LogP contribution in [-0.2, 0) is 0 Å². The summed E-state index contributed by atoms with van der Waals surface area (Å²) in [5.41, 5.74) is 2.06. The normalized spacial score (nSPS) is 15.1. The molecule has 0 aromatic heterocycles. The van der Waals surface area contributed by atoms with Crippen molar-refractivity contribution in [1.29, 1.82) is 0 Å². The molecule has 0 heterocycles. The third-order valence-corrected chi connectivity index (χ3v) is 3.26. The zero-order valence-corrected chi connectivity index (χ0v) is 11.0. The predicted octanol–water partition coefficient (Wildman–Crippen LogP) is 4.31. The summed E-state index contributed by atoms with van der Waals surface area (Å²) in [4.78, 5) is 11.6. The van der Waals surface area contributed by atoms with Crippen molar-refractivity contribution < 1.29 is 4.79 Å². The van der Waals surface area contributed by atoms with Gasteiger partial charge in [0.05, 0.1) is 0 Å². The van der Waals surface area contributed by atoms with Gasteiger partial charge >= 0.3 is 6.03 Å². The lowest BCUT2D eigenvalue weighted by Crippen LogP contribution is -2.24. The molecular formula is C14H17ClN2O. The van der Waals surface area contributed by atoms with Gasteiger partial charge in [0.15, 0.2) is 0 Å². The smallest absolute Gasteiger partial charge is 0.314 e. The van der Waals surface area contributed by atoms with E-state index in [1.54, 1.807) is 24.3 Å². The van der Waals surface area contributed by atoms with Crippen molar-refractivity contribution in [3.63, 3.8) is 0 Å². The van der Waals surface area contributed by atoms with Crippen LogP contribution in [0.25, 0.3) is 0 Å². The highest BCUT2D eigenvalue weighted by molar-refractivity contribution is 6.30. The maximum atomic E-state index is 11.6. The summed E-state index contributed by atoms with van der Waals surface area (Å²) in [6, 6.07) is 6.83. The number of allylic oxidation sites excluding steroid dienone is 1. The highest BCUT2D eigenvalue weighted by Gasteiger charge is 2.05. The van der Waals surface area contributed by atoms with Crippen LogP contribution in [0.15, 0.2) is 36.0 Å². The second-order valence-electron chi connectivity index (χ2n) is 4.47. The molecule has 1 fully saturated rings. The van der Waals surface area contributed by atoms with Crippen molar-refractivity contribution in [3.05, 3.63) is 41.1 Å². The molecule has 4 heteroatoms. The molecule has 3 nitrogen and oxygen atoms in total. The Hall–Kier alpha value is -1.48. The van der Waals surface area contributed by atoms with E-state index in [4.69, 9.17) is 11.6 Å². The van der Waals surface area contributed by atoms with Crippen LogP contribution in [0.3, 0.4) is 0 Å². The largest absolute Gasteiger partial charge is 0.323 e. The van der Waals surface area contributed by atoms with Gasteiger partial charge in [0, 0.05) is 16.9 Å². The van der Waals surface area contributed by atoms with E-state index in [9.17, 15) is 4.79 Å². The van der Waals surface area contributed by atoms with Crippen molar-refractivity contribution in [3.8, 4) is 0 Å². The van der Waals surface area contributed by atoms with Crippen molar-refractivity contribution in [1.82, 2.24) is 5.32 Å². The first-order chi connectivity index (χ1) is 8.74. The van der Waals surface area contributed by atoms with Crippen LogP contribution in [0.5, 0.6) is 0 Å². The first-order valence-electron chi connectivity index (χ1n) is 6.25. The average Bonchev–Trinajstić information content (AvgIpc) is 2.40. The van der Waals surface area contributed by atoms with Gasteiger partial charge in [0.2, 0.25) is 0 Å². The van der Waals surface area contributed by atoms with E-state index in [0.29, 0.717) is 5.02 Å². The second kappa shape index (κ2) is 6.45. The van der Waals surface area contributed by atoms with Gasteiger partial charge in [-0.2, -0.15) is 0 Å². The Labute approximate surface area is 112 Å². The summed E-state index contributed by atoms with van der Waals surface area (Å²) in [5, 5.41) is 6.18. The Kier molecular flexibility index (Phi) is 4.65. The third kappa shape index (κ3) is 4.08. The van der Waals surface area contributed by atoms with Gasteiger partial charge in [-0.1, -0.05) is 23.6 Å². The molecule has 0 atom stereocenters. The zero-order valence-electron chi connectivity index (χ0n) is 10.2. The van der Waals surface area contributed by atoms with Crippen LogP contribution in [0, 0.1) is 0 Å². The molecule has 96 valence electrons. The Morgan fingerprint density at radius 1 is 1.11 bits per heavy atom. The number of nitrogens with one attached hydrogen (secondary N) is 2. The molecule has 0 bridgehead atoms. The number of amides is 2. The summed E-state index contributed by atoms with van der Waals surface area (Å²) in [7, 11) is 0. The van der Waals surface area contributed by atoms with Crippen LogP contribution in [0.4, 0.5) is 10.5 Å². The summed E-state index contributed by atoms with van der Waals surface area (Å²) >= 11 is 5.77. The van der Waals surface area contributed by atoms with Crippen LogP contribution in [-0.4, -0.2) is 6.03 Å². The van der Waals surface area contributed by atoms with Gasteiger partial charge in [0.1, 0.15) is 0 Å². The molecule has 1 saturated carbocycles. The maximum Gasteiger partial charge on any atom is 0.323 e. The molecule has 2 rings (SSSR count). The Morgan fingerprint density at radius 2 is 1.78 bits per heavy atom. The number of hydrogen-bond donors (Lipinski definition) is 2. The molecular weight excluding hydrogens is 248 g/mol. The van der Waals surface area contributed by atoms with Crippen LogP contribution >= 0.6 is 11.6 Å². The van der Waals surface area contributed by atoms with Gasteiger partial charge in [-0.25, -0.2) is 4.79 Å². The summed E-state index contributed by atoms with van der Waals surface area (Å²) < 4.78 is 0. The van der Waals surface area contributed by atoms with Crippen molar-refractivity contribution in [2.75, 3.05) is 5.32 Å². The summed E-state index contributed by atoms with van der Waals surface area (Å²) in [6.07, 6.45) is 7.79. The number of rotatable bonds is 2. The Balaban J connectivity index is 1.83. The monoisotopic (exact) mass is 264 g/mol. The number of urea groups is 1. The van der Waals surface area contributed by atoms with Crippen molar-refractivity contribution >= 4 is 23.3 Å². The number of anilines is 1. The van der Waals surface area contributed by atoms with E-state index in [2.05, 4.69) is 10.6 Å². The third-order valence-electron chi connectivity index (χ3n) is 3.01. The molecule has 1 aromatic rings. The minimum Gasteiger partial charge on any atom is -0.314 e. The van der Waals surface area contributed by atoms with E-state index >= 15 is 0 Å². The van der Waals surface area contributed by atoms with E-state index in [0.717, 1.165) is 18.5 Å². The lowest BCUT2D eigenvalue weighted by Gasteiger charge is -2.13. The molecule has 2 N–H and O–H groups in total. The maximum absolute atomic E-state index is 11.6. The number of halogens is 1. The fourth-order valence-corrected chi connectivity index (χ4v) is 2.14. The van der Waals surface area contributed by atoms with Gasteiger partial charge in [0.25, 0.3) is 0 Å². The number of benzene rings is 1. The minimum absolute atomic E-state index is 0.213. The van der Waals surface area contributed by atoms with Crippen LogP contribution in [0.2, 0.25) is 5.02 Å². The van der Waals surface area contributed by atoms with E-state index in [1.807, 2.05) is 6.20 Å². The number of carbonyl (C=O) groups excluding carboxylic acids is 1. The highest BCUT2D eigenvalue weighted by atomic mass is 35.5. The van der Waals surface area contributed by atoms with Gasteiger partial charge < -0.3 is 10.6 Å². The minimum atomic E-state index is -0.213. The molecule has 0 radical (unpaired) electrons. The van der Waals surface area contributed by atoms with Gasteiger partial charge in [-0.05, 0) is 49.9 Å². The predicted molar refractivity (Wildman–Crippen MR) is 74.8 cm³/mol. The highest BCUT2D eigenvalue weighted by Crippen LogP contribution is 2.21. The number of hydrogen-bond acceptors (Lipinski definition) is 1. The molecule has 1 aliphatic rings. The quantitative estimate of drug-likeness (QED) is 0.821. The lowest BCUT2D eigenvalue weighted by atomic mass is 9.96. The van der Waals surface area contributed by atoms with Crippen LogP contribution < -0.4 is 10.6 Å². The van der Waals surface area contributed by atoms with E-state index in [1.165, 1.54) is 24.8 Å². The van der Waals surface area contributed by atoms with E-state index < -0.39 is 0 Å². The molecule has 1 aromatic carbocycles. The lowest BCUT2D eigenvalue weighted by molar-refractivity contribution is 0.255. The fourth-order valence-electron chi connectivity index (χ4n) is 2.02. The number of carbonyl (C=O) groups is 1. The molecule has 0 aliphatic heterocycles. The van der Waals surface area contributed by atoms with E-state index in [-0.39, 0.29) is 6.03 Å².